The molecule has 1 aliphatic carbocycles. The van der Waals surface area contributed by atoms with E-state index in [1.54, 1.807) is 0 Å². The van der Waals surface area contributed by atoms with Crippen LogP contribution in [0.15, 0.2) is 12.4 Å². The summed E-state index contributed by atoms with van der Waals surface area (Å²) >= 11 is 0. The van der Waals surface area contributed by atoms with E-state index in [9.17, 15) is 0 Å². The van der Waals surface area contributed by atoms with Gasteiger partial charge in [0, 0.05) is 12.2 Å². The third-order valence-electron chi connectivity index (χ3n) is 3.01. The van der Waals surface area contributed by atoms with E-state index in [2.05, 4.69) is 29.4 Å². The Labute approximate surface area is 72.6 Å². The molecule has 1 aliphatic rings. The van der Waals surface area contributed by atoms with Gasteiger partial charge in [-0.15, -0.1) is 0 Å². The summed E-state index contributed by atoms with van der Waals surface area (Å²) in [7, 11) is 0. The number of nitrogens with zero attached hydrogens (tertiary/aromatic N) is 1. The molecule has 1 aromatic rings. The van der Waals surface area contributed by atoms with E-state index >= 15 is 0 Å². The molecule has 3 heteroatoms. The second-order valence-corrected chi connectivity index (χ2v) is 3.81. The van der Waals surface area contributed by atoms with Crippen molar-refractivity contribution < 1.29 is 0 Å². The second kappa shape index (κ2) is 2.81. The lowest BCUT2D eigenvalue weighted by atomic mass is 9.71. The molecular formula is C9H15N3. The van der Waals surface area contributed by atoms with Gasteiger partial charge in [-0.25, -0.2) is 0 Å². The largest absolute Gasteiger partial charge is 0.379 e. The van der Waals surface area contributed by atoms with Crippen LogP contribution in [0.2, 0.25) is 0 Å². The highest BCUT2D eigenvalue weighted by molar-refractivity contribution is 5.39. The topological polar surface area (TPSA) is 40.7 Å². The van der Waals surface area contributed by atoms with Crippen LogP contribution in [0.3, 0.4) is 0 Å². The van der Waals surface area contributed by atoms with Crippen LogP contribution in [0.25, 0.3) is 0 Å². The fraction of sp³-hybridized carbons (Fsp3) is 0.667. The quantitative estimate of drug-likeness (QED) is 0.702. The van der Waals surface area contributed by atoms with E-state index in [0.29, 0.717) is 6.04 Å². The van der Waals surface area contributed by atoms with Crippen LogP contribution < -0.4 is 5.32 Å². The van der Waals surface area contributed by atoms with Gasteiger partial charge in [-0.2, -0.15) is 5.10 Å². The molecule has 0 bridgehead atoms. The Bertz CT molecular complexity index is 242. The third-order valence-corrected chi connectivity index (χ3v) is 3.01. The van der Waals surface area contributed by atoms with Gasteiger partial charge in [0.15, 0.2) is 0 Å². The van der Waals surface area contributed by atoms with Crippen molar-refractivity contribution in [3.8, 4) is 0 Å². The molecular weight excluding hydrogens is 150 g/mol. The summed E-state index contributed by atoms with van der Waals surface area (Å²) in [6.45, 7) is 4.60. The molecule has 3 nitrogen and oxygen atoms in total. The molecule has 3 atom stereocenters. The maximum absolute atomic E-state index is 3.89. The number of H-pyrrole nitrogens is 1. The first-order chi connectivity index (χ1) is 5.77. The van der Waals surface area contributed by atoms with Crippen molar-refractivity contribution in [1.29, 1.82) is 0 Å². The predicted octanol–water partition coefficient (Wildman–Crippen LogP) is 1.87. The molecule has 1 heterocycles. The van der Waals surface area contributed by atoms with Crippen molar-refractivity contribution in [2.45, 2.75) is 26.3 Å². The van der Waals surface area contributed by atoms with Crippen molar-refractivity contribution in [3.05, 3.63) is 12.4 Å². The summed E-state index contributed by atoms with van der Waals surface area (Å²) in [5.74, 6) is 1.66. The first kappa shape index (κ1) is 7.65. The summed E-state index contributed by atoms with van der Waals surface area (Å²) in [6.07, 6.45) is 5.01. The van der Waals surface area contributed by atoms with E-state index in [-0.39, 0.29) is 0 Å². The van der Waals surface area contributed by atoms with Gasteiger partial charge in [0.25, 0.3) is 0 Å². The molecule has 66 valence electrons. The Kier molecular flexibility index (Phi) is 1.79. The average molecular weight is 165 g/mol. The van der Waals surface area contributed by atoms with Crippen LogP contribution in [0, 0.1) is 11.8 Å². The minimum Gasteiger partial charge on any atom is -0.379 e. The SMILES string of the molecule is CC1CC(Nc2cn[nH]c2)C1C. The van der Waals surface area contributed by atoms with Crippen LogP contribution in [-0.2, 0) is 0 Å². The Hall–Kier alpha value is -0.990. The van der Waals surface area contributed by atoms with Crippen molar-refractivity contribution in [2.24, 2.45) is 11.8 Å². The number of hydrogen-bond donors (Lipinski definition) is 2. The first-order valence-corrected chi connectivity index (χ1v) is 4.52. The Morgan fingerprint density at radius 3 is 2.92 bits per heavy atom. The standard InChI is InChI=1S/C9H15N3/c1-6-3-9(7(6)2)12-8-4-10-11-5-8/h4-7,9,12H,3H2,1-2H3,(H,10,11). The zero-order chi connectivity index (χ0) is 8.55. The highest BCUT2D eigenvalue weighted by Gasteiger charge is 2.34. The van der Waals surface area contributed by atoms with Gasteiger partial charge in [0.2, 0.25) is 0 Å². The van der Waals surface area contributed by atoms with Gasteiger partial charge in [0.05, 0.1) is 11.9 Å². The van der Waals surface area contributed by atoms with Gasteiger partial charge in [0.1, 0.15) is 0 Å². The highest BCUT2D eigenvalue weighted by atomic mass is 15.1. The molecule has 1 saturated carbocycles. The average Bonchev–Trinajstić information content (AvgIpc) is 2.56. The number of aromatic amines is 1. The Balaban J connectivity index is 1.90. The van der Waals surface area contributed by atoms with Crippen molar-refractivity contribution >= 4 is 5.69 Å². The molecule has 1 aromatic heterocycles. The van der Waals surface area contributed by atoms with E-state index in [1.807, 2.05) is 12.4 Å². The van der Waals surface area contributed by atoms with Crippen molar-refractivity contribution in [2.75, 3.05) is 5.32 Å². The third kappa shape index (κ3) is 1.19. The lowest BCUT2D eigenvalue weighted by Gasteiger charge is -2.41. The zero-order valence-corrected chi connectivity index (χ0v) is 7.54. The fourth-order valence-electron chi connectivity index (χ4n) is 1.76. The number of rotatable bonds is 2. The van der Waals surface area contributed by atoms with Gasteiger partial charge in [-0.1, -0.05) is 13.8 Å². The van der Waals surface area contributed by atoms with Crippen molar-refractivity contribution in [1.82, 2.24) is 10.2 Å². The summed E-state index contributed by atoms with van der Waals surface area (Å²) in [6, 6.07) is 0.651. The van der Waals surface area contributed by atoms with E-state index in [1.165, 1.54) is 6.42 Å². The molecule has 0 aliphatic heterocycles. The van der Waals surface area contributed by atoms with Gasteiger partial charge >= 0.3 is 0 Å². The van der Waals surface area contributed by atoms with E-state index in [0.717, 1.165) is 17.5 Å². The fourth-order valence-corrected chi connectivity index (χ4v) is 1.76. The minimum absolute atomic E-state index is 0.651. The Morgan fingerprint density at radius 2 is 2.42 bits per heavy atom. The summed E-state index contributed by atoms with van der Waals surface area (Å²) in [5.41, 5.74) is 1.11. The van der Waals surface area contributed by atoms with Crippen LogP contribution in [0.4, 0.5) is 5.69 Å². The predicted molar refractivity (Wildman–Crippen MR) is 48.9 cm³/mol. The molecule has 3 unspecified atom stereocenters. The molecule has 2 rings (SSSR count). The van der Waals surface area contributed by atoms with E-state index < -0.39 is 0 Å². The maximum atomic E-state index is 3.89. The smallest absolute Gasteiger partial charge is 0.0726 e. The van der Waals surface area contributed by atoms with E-state index in [4.69, 9.17) is 0 Å². The van der Waals surface area contributed by atoms with Crippen LogP contribution in [0.1, 0.15) is 20.3 Å². The minimum atomic E-state index is 0.651. The van der Waals surface area contributed by atoms with Crippen LogP contribution in [-0.4, -0.2) is 16.2 Å². The molecule has 0 radical (unpaired) electrons. The maximum Gasteiger partial charge on any atom is 0.0726 e. The molecule has 0 amide bonds. The second-order valence-electron chi connectivity index (χ2n) is 3.81. The molecule has 0 spiro atoms. The molecule has 2 N–H and O–H groups in total. The first-order valence-electron chi connectivity index (χ1n) is 4.52. The summed E-state index contributed by atoms with van der Waals surface area (Å²) < 4.78 is 0. The molecule has 0 aromatic carbocycles. The molecule has 0 saturated heterocycles. The van der Waals surface area contributed by atoms with Crippen LogP contribution >= 0.6 is 0 Å². The van der Waals surface area contributed by atoms with Gasteiger partial charge in [-0.05, 0) is 18.3 Å². The lowest BCUT2D eigenvalue weighted by molar-refractivity contribution is 0.189. The highest BCUT2D eigenvalue weighted by Crippen LogP contribution is 2.35. The molecule has 1 fully saturated rings. The number of hydrogen-bond acceptors (Lipinski definition) is 2. The summed E-state index contributed by atoms with van der Waals surface area (Å²) in [4.78, 5) is 0. The number of nitrogens with one attached hydrogen (secondary N) is 2. The zero-order valence-electron chi connectivity index (χ0n) is 7.54. The molecule has 12 heavy (non-hydrogen) atoms. The monoisotopic (exact) mass is 165 g/mol. The van der Waals surface area contributed by atoms with Crippen molar-refractivity contribution in [3.63, 3.8) is 0 Å². The Morgan fingerprint density at radius 1 is 1.58 bits per heavy atom. The number of anilines is 1. The van der Waals surface area contributed by atoms with Gasteiger partial charge in [-0.3, -0.25) is 5.10 Å². The lowest BCUT2D eigenvalue weighted by Crippen LogP contribution is -2.43. The van der Waals surface area contributed by atoms with Crippen LogP contribution in [0.5, 0.6) is 0 Å². The van der Waals surface area contributed by atoms with Gasteiger partial charge < -0.3 is 5.32 Å². The number of aromatic nitrogens is 2. The summed E-state index contributed by atoms with van der Waals surface area (Å²) in [5, 5.41) is 10.1. The normalized spacial score (nSPS) is 34.3.